The molecule has 0 aliphatic carbocycles. The van der Waals surface area contributed by atoms with Crippen LogP contribution in [0.25, 0.3) is 0 Å². The van der Waals surface area contributed by atoms with Crippen molar-refractivity contribution in [3.05, 3.63) is 57.2 Å². The normalized spacial score (nSPS) is 12.1. The van der Waals surface area contributed by atoms with Crippen molar-refractivity contribution in [3.63, 3.8) is 0 Å². The maximum absolute atomic E-state index is 11.9. The molecule has 4 heteroatoms. The van der Waals surface area contributed by atoms with Crippen LogP contribution in [0.2, 0.25) is 5.02 Å². The molecule has 0 spiro atoms. The van der Waals surface area contributed by atoms with Crippen molar-refractivity contribution in [1.82, 2.24) is 5.32 Å². The molecule has 1 atom stereocenters. The summed E-state index contributed by atoms with van der Waals surface area (Å²) < 4.78 is 0. The fourth-order valence-corrected chi connectivity index (χ4v) is 3.00. The van der Waals surface area contributed by atoms with Gasteiger partial charge in [-0.25, -0.2) is 0 Å². The first-order chi connectivity index (χ1) is 9.65. The molecule has 0 bridgehead atoms. The van der Waals surface area contributed by atoms with Gasteiger partial charge in [-0.2, -0.15) is 11.3 Å². The van der Waals surface area contributed by atoms with E-state index in [1.165, 1.54) is 5.56 Å². The number of amides is 1. The third-order valence-electron chi connectivity index (χ3n) is 3.11. The molecule has 1 N–H and O–H groups in total. The lowest BCUT2D eigenvalue weighted by atomic mass is 10.1. The van der Waals surface area contributed by atoms with Crippen LogP contribution >= 0.6 is 22.9 Å². The predicted molar refractivity (Wildman–Crippen MR) is 85.4 cm³/mol. The highest BCUT2D eigenvalue weighted by Crippen LogP contribution is 2.16. The van der Waals surface area contributed by atoms with Gasteiger partial charge in [-0.1, -0.05) is 29.8 Å². The third kappa shape index (κ3) is 4.66. The van der Waals surface area contributed by atoms with Crippen LogP contribution in [0.15, 0.2) is 41.1 Å². The molecule has 1 amide bonds. The molecule has 2 aromatic rings. The Hall–Kier alpha value is -1.32. The number of nitrogens with one attached hydrogen (secondary N) is 1. The number of hydrogen-bond acceptors (Lipinski definition) is 2. The van der Waals surface area contributed by atoms with E-state index in [1.54, 1.807) is 11.3 Å². The summed E-state index contributed by atoms with van der Waals surface area (Å²) in [4.78, 5) is 11.9. The van der Waals surface area contributed by atoms with Crippen molar-refractivity contribution >= 4 is 28.8 Å². The van der Waals surface area contributed by atoms with Crippen LogP contribution in [0, 0.1) is 0 Å². The van der Waals surface area contributed by atoms with E-state index in [4.69, 9.17) is 11.6 Å². The Labute approximate surface area is 128 Å². The van der Waals surface area contributed by atoms with E-state index in [1.807, 2.05) is 36.6 Å². The van der Waals surface area contributed by atoms with Crippen LogP contribution in [-0.2, 0) is 17.6 Å². The van der Waals surface area contributed by atoms with E-state index >= 15 is 0 Å². The number of halogens is 1. The van der Waals surface area contributed by atoms with Crippen LogP contribution in [0.4, 0.5) is 0 Å². The van der Waals surface area contributed by atoms with Gasteiger partial charge < -0.3 is 5.32 Å². The number of rotatable bonds is 6. The fourth-order valence-electron chi connectivity index (χ4n) is 2.08. The largest absolute Gasteiger partial charge is 0.353 e. The maximum atomic E-state index is 11.9. The van der Waals surface area contributed by atoms with Crippen molar-refractivity contribution < 1.29 is 4.79 Å². The molecule has 2 nitrogen and oxygen atoms in total. The van der Waals surface area contributed by atoms with Gasteiger partial charge >= 0.3 is 0 Å². The molecule has 20 heavy (non-hydrogen) atoms. The predicted octanol–water partition coefficient (Wildman–Crippen LogP) is 4.08. The molecule has 0 fully saturated rings. The Balaban J connectivity index is 1.78. The first-order valence-electron chi connectivity index (χ1n) is 6.69. The van der Waals surface area contributed by atoms with Crippen LogP contribution in [0.3, 0.4) is 0 Å². The van der Waals surface area contributed by atoms with E-state index < -0.39 is 0 Å². The summed E-state index contributed by atoms with van der Waals surface area (Å²) >= 11 is 7.78. The SMILES string of the molecule is C[C@@H](Cc1ccccc1Cl)NC(=O)CCc1ccsc1. The van der Waals surface area contributed by atoms with E-state index in [0.717, 1.165) is 23.4 Å². The summed E-state index contributed by atoms with van der Waals surface area (Å²) in [5, 5.41) is 7.90. The van der Waals surface area contributed by atoms with Crippen LogP contribution in [0.5, 0.6) is 0 Å². The zero-order chi connectivity index (χ0) is 14.4. The van der Waals surface area contributed by atoms with Gasteiger partial charge in [-0.05, 0) is 53.8 Å². The van der Waals surface area contributed by atoms with Gasteiger partial charge in [0, 0.05) is 17.5 Å². The molecular weight excluding hydrogens is 290 g/mol. The Kier molecular flexibility index (Phi) is 5.62. The van der Waals surface area contributed by atoms with Crippen molar-refractivity contribution in [2.24, 2.45) is 0 Å². The second-order valence-corrected chi connectivity index (χ2v) is 6.08. The first-order valence-corrected chi connectivity index (χ1v) is 8.01. The number of aryl methyl sites for hydroxylation is 1. The summed E-state index contributed by atoms with van der Waals surface area (Å²) in [7, 11) is 0. The lowest BCUT2D eigenvalue weighted by Gasteiger charge is -2.14. The minimum Gasteiger partial charge on any atom is -0.353 e. The second kappa shape index (κ2) is 7.46. The topological polar surface area (TPSA) is 29.1 Å². The summed E-state index contributed by atoms with van der Waals surface area (Å²) in [6.07, 6.45) is 2.08. The third-order valence-corrected chi connectivity index (χ3v) is 4.21. The lowest BCUT2D eigenvalue weighted by Crippen LogP contribution is -2.34. The molecule has 0 radical (unpaired) electrons. The fraction of sp³-hybridized carbons (Fsp3) is 0.312. The van der Waals surface area contributed by atoms with Gasteiger partial charge in [0.2, 0.25) is 5.91 Å². The van der Waals surface area contributed by atoms with Gasteiger partial charge in [0.05, 0.1) is 0 Å². The Morgan fingerprint density at radius 3 is 2.85 bits per heavy atom. The van der Waals surface area contributed by atoms with Gasteiger partial charge in [-0.3, -0.25) is 4.79 Å². The van der Waals surface area contributed by atoms with Crippen LogP contribution < -0.4 is 5.32 Å². The van der Waals surface area contributed by atoms with Gasteiger partial charge in [-0.15, -0.1) is 0 Å². The molecule has 0 saturated carbocycles. The molecule has 106 valence electrons. The average molecular weight is 308 g/mol. The maximum Gasteiger partial charge on any atom is 0.220 e. The Bertz CT molecular complexity index is 553. The number of thiophene rings is 1. The monoisotopic (exact) mass is 307 g/mol. The minimum absolute atomic E-state index is 0.0878. The number of benzene rings is 1. The second-order valence-electron chi connectivity index (χ2n) is 4.90. The number of carbonyl (C=O) groups excluding carboxylic acids is 1. The van der Waals surface area contributed by atoms with Crippen LogP contribution in [-0.4, -0.2) is 11.9 Å². The molecule has 1 aromatic carbocycles. The number of carbonyl (C=O) groups is 1. The molecule has 0 aliphatic heterocycles. The van der Waals surface area contributed by atoms with Crippen LogP contribution in [0.1, 0.15) is 24.5 Å². The number of hydrogen-bond donors (Lipinski definition) is 1. The highest BCUT2D eigenvalue weighted by atomic mass is 35.5. The van der Waals surface area contributed by atoms with Gasteiger partial charge in [0.1, 0.15) is 0 Å². The first kappa shape index (κ1) is 15.1. The van der Waals surface area contributed by atoms with E-state index in [0.29, 0.717) is 6.42 Å². The molecule has 0 unspecified atom stereocenters. The van der Waals surface area contributed by atoms with Crippen molar-refractivity contribution in [3.8, 4) is 0 Å². The molecule has 0 aliphatic rings. The molecule has 1 aromatic heterocycles. The highest BCUT2D eigenvalue weighted by Gasteiger charge is 2.10. The smallest absolute Gasteiger partial charge is 0.220 e. The summed E-state index contributed by atoms with van der Waals surface area (Å²) in [5.74, 6) is 0.0933. The molecule has 1 heterocycles. The van der Waals surface area contributed by atoms with Crippen molar-refractivity contribution in [2.45, 2.75) is 32.2 Å². The lowest BCUT2D eigenvalue weighted by molar-refractivity contribution is -0.121. The van der Waals surface area contributed by atoms with Crippen molar-refractivity contribution in [1.29, 1.82) is 0 Å². The van der Waals surface area contributed by atoms with Gasteiger partial charge in [0.15, 0.2) is 0 Å². The standard InChI is InChI=1S/C16H18ClNOS/c1-12(10-14-4-2-3-5-15(14)17)18-16(19)7-6-13-8-9-20-11-13/h2-5,8-9,11-12H,6-7,10H2,1H3,(H,18,19)/t12-/m0/s1. The summed E-state index contributed by atoms with van der Waals surface area (Å²) in [5.41, 5.74) is 2.30. The molecule has 0 saturated heterocycles. The summed E-state index contributed by atoms with van der Waals surface area (Å²) in [6.45, 7) is 2.01. The van der Waals surface area contributed by atoms with Gasteiger partial charge in [0.25, 0.3) is 0 Å². The Morgan fingerprint density at radius 2 is 2.15 bits per heavy atom. The highest BCUT2D eigenvalue weighted by molar-refractivity contribution is 7.07. The molecular formula is C16H18ClNOS. The van der Waals surface area contributed by atoms with E-state index in [-0.39, 0.29) is 11.9 Å². The zero-order valence-electron chi connectivity index (χ0n) is 11.4. The zero-order valence-corrected chi connectivity index (χ0v) is 13.0. The molecule has 2 rings (SSSR count). The Morgan fingerprint density at radius 1 is 1.35 bits per heavy atom. The minimum atomic E-state index is 0.0878. The summed E-state index contributed by atoms with van der Waals surface area (Å²) in [6, 6.07) is 9.90. The van der Waals surface area contributed by atoms with Crippen molar-refractivity contribution in [2.75, 3.05) is 0 Å². The van der Waals surface area contributed by atoms with E-state index in [2.05, 4.69) is 16.8 Å². The quantitative estimate of drug-likeness (QED) is 0.856. The average Bonchev–Trinajstić information content (AvgIpc) is 2.92. The van der Waals surface area contributed by atoms with E-state index in [9.17, 15) is 4.79 Å².